The van der Waals surface area contributed by atoms with Gasteiger partial charge in [0.15, 0.2) is 0 Å². The molecule has 2 aromatic carbocycles. The molecule has 2 atom stereocenters. The van der Waals surface area contributed by atoms with E-state index in [-0.39, 0.29) is 49.0 Å². The van der Waals surface area contributed by atoms with E-state index in [4.69, 9.17) is 26.2 Å². The number of aliphatic hydroxyl groups excluding tert-OH is 3. The van der Waals surface area contributed by atoms with Gasteiger partial charge in [0.2, 0.25) is 0 Å². The van der Waals surface area contributed by atoms with E-state index >= 15 is 0 Å². The number of rotatable bonds is 10. The molecule has 6 nitrogen and oxygen atoms in total. The van der Waals surface area contributed by atoms with Gasteiger partial charge in [0.05, 0.1) is 12.5 Å². The Labute approximate surface area is 182 Å². The fraction of sp³-hybridized carbons (Fsp3) is 0.429. The van der Waals surface area contributed by atoms with Crippen molar-refractivity contribution in [1.82, 2.24) is 0 Å². The van der Waals surface area contributed by atoms with Crippen LogP contribution in [-0.2, 0) is 5.41 Å². The topological polar surface area (TPSA) is 111 Å². The summed E-state index contributed by atoms with van der Waals surface area (Å²) in [6.07, 6.45) is -1.56. The molecule has 0 aliphatic carbocycles. The van der Waals surface area contributed by atoms with Gasteiger partial charge >= 0.3 is 0 Å². The molecule has 5 N–H and O–H groups in total. The van der Waals surface area contributed by atoms with E-state index in [9.17, 15) is 10.2 Å². The first kappa shape index (κ1) is 27.5. The molecule has 0 aliphatic rings. The number of ether oxygens (including phenoxy) is 2. The summed E-state index contributed by atoms with van der Waals surface area (Å²) in [5.41, 5.74) is 2.01. The molecule has 0 radical (unpaired) electrons. The molecule has 8 heteroatoms. The summed E-state index contributed by atoms with van der Waals surface area (Å²) in [4.78, 5) is 0. The molecule has 2 rings (SSSR count). The number of hydrogen-bond donors (Lipinski definition) is 3. The van der Waals surface area contributed by atoms with Crippen molar-refractivity contribution in [2.24, 2.45) is 0 Å². The second kappa shape index (κ2) is 12.9. The van der Waals surface area contributed by atoms with Crippen LogP contribution in [-0.4, -0.2) is 58.7 Å². The Morgan fingerprint density at radius 1 is 0.828 bits per heavy atom. The van der Waals surface area contributed by atoms with Gasteiger partial charge in [0.1, 0.15) is 36.9 Å². The molecule has 0 aromatic heterocycles. The lowest BCUT2D eigenvalue weighted by molar-refractivity contribution is 0.0536. The smallest absolute Gasteiger partial charge is 0.119 e. The highest BCUT2D eigenvalue weighted by Gasteiger charge is 2.23. The minimum atomic E-state index is -0.882. The van der Waals surface area contributed by atoms with Gasteiger partial charge in [-0.3, -0.25) is 0 Å². The zero-order chi connectivity index (χ0) is 19.9. The SMILES string of the molecule is CC(C)(c1ccc(OCC(O)CO)cc1)c1ccc(OCC(O)CCl)cc1.Cl.O. The third kappa shape index (κ3) is 8.01. The summed E-state index contributed by atoms with van der Waals surface area (Å²) in [6, 6.07) is 15.5. The number of hydrogen-bond acceptors (Lipinski definition) is 5. The van der Waals surface area contributed by atoms with Crippen LogP contribution in [0.25, 0.3) is 0 Å². The fourth-order valence-corrected chi connectivity index (χ4v) is 2.67. The average molecular weight is 449 g/mol. The molecule has 2 unspecified atom stereocenters. The number of aliphatic hydroxyl groups is 3. The Hall–Kier alpha value is -1.54. The van der Waals surface area contributed by atoms with Crippen LogP contribution in [0.15, 0.2) is 48.5 Å². The first-order valence-electron chi connectivity index (χ1n) is 8.86. The molecule has 29 heavy (non-hydrogen) atoms. The molecular formula is C21H30Cl2O6. The van der Waals surface area contributed by atoms with Gasteiger partial charge in [0.25, 0.3) is 0 Å². The van der Waals surface area contributed by atoms with E-state index in [1.165, 1.54) is 0 Å². The highest BCUT2D eigenvalue weighted by Crippen LogP contribution is 2.33. The van der Waals surface area contributed by atoms with Crippen molar-refractivity contribution in [3.63, 3.8) is 0 Å². The van der Waals surface area contributed by atoms with Crippen molar-refractivity contribution in [3.05, 3.63) is 59.7 Å². The van der Waals surface area contributed by atoms with Crippen LogP contribution in [0, 0.1) is 0 Å². The van der Waals surface area contributed by atoms with Crippen LogP contribution >= 0.6 is 24.0 Å². The molecule has 0 spiro atoms. The van der Waals surface area contributed by atoms with Crippen LogP contribution in [0.2, 0.25) is 0 Å². The molecule has 164 valence electrons. The molecule has 0 aliphatic heterocycles. The Morgan fingerprint density at radius 2 is 1.21 bits per heavy atom. The Morgan fingerprint density at radius 3 is 1.55 bits per heavy atom. The van der Waals surface area contributed by atoms with Gasteiger partial charge in [0, 0.05) is 5.41 Å². The summed E-state index contributed by atoms with van der Waals surface area (Å²) in [5.74, 6) is 1.47. The zero-order valence-corrected chi connectivity index (χ0v) is 18.1. The average Bonchev–Trinajstić information content (AvgIpc) is 2.70. The maximum atomic E-state index is 9.46. The van der Waals surface area contributed by atoms with Crippen LogP contribution in [0.4, 0.5) is 0 Å². The standard InChI is InChI=1S/C21H27ClO5.ClH.H2O/c1-21(2,15-3-7-19(8-4-15)26-13-17(24)11-22)16-5-9-20(10-6-16)27-14-18(25)12-23;;/h3-10,17-18,23-25H,11-14H2,1-2H3;1H;1H2. The van der Waals surface area contributed by atoms with Gasteiger partial charge in [-0.25, -0.2) is 0 Å². The van der Waals surface area contributed by atoms with E-state index < -0.39 is 12.2 Å². The lowest BCUT2D eigenvalue weighted by Gasteiger charge is -2.26. The first-order chi connectivity index (χ1) is 12.9. The minimum absolute atomic E-state index is 0. The van der Waals surface area contributed by atoms with Crippen molar-refractivity contribution >= 4 is 24.0 Å². The van der Waals surface area contributed by atoms with Crippen molar-refractivity contribution < 1.29 is 30.3 Å². The molecule has 0 fully saturated rings. The Balaban J connectivity index is 0.00000392. The largest absolute Gasteiger partial charge is 0.491 e. The minimum Gasteiger partial charge on any atom is -0.491 e. The highest BCUT2D eigenvalue weighted by molar-refractivity contribution is 6.18. The summed E-state index contributed by atoms with van der Waals surface area (Å²) in [7, 11) is 0. The zero-order valence-electron chi connectivity index (χ0n) is 16.5. The maximum Gasteiger partial charge on any atom is 0.119 e. The van der Waals surface area contributed by atoms with Crippen molar-refractivity contribution in [3.8, 4) is 11.5 Å². The monoisotopic (exact) mass is 448 g/mol. The van der Waals surface area contributed by atoms with Gasteiger partial charge in [-0.1, -0.05) is 38.1 Å². The fourth-order valence-electron chi connectivity index (χ4n) is 2.58. The molecule has 0 heterocycles. The summed E-state index contributed by atoms with van der Waals surface area (Å²) >= 11 is 5.56. The van der Waals surface area contributed by atoms with Crippen molar-refractivity contribution in [2.45, 2.75) is 31.5 Å². The highest BCUT2D eigenvalue weighted by atomic mass is 35.5. The van der Waals surface area contributed by atoms with Crippen molar-refractivity contribution in [2.75, 3.05) is 25.7 Å². The normalized spacial score (nSPS) is 12.9. The molecule has 0 amide bonds. The van der Waals surface area contributed by atoms with E-state index in [2.05, 4.69) is 13.8 Å². The number of benzene rings is 2. The maximum absolute atomic E-state index is 9.46. The van der Waals surface area contributed by atoms with Crippen LogP contribution < -0.4 is 9.47 Å². The van der Waals surface area contributed by atoms with Crippen LogP contribution in [0.5, 0.6) is 11.5 Å². The molecule has 0 bridgehead atoms. The third-order valence-electron chi connectivity index (χ3n) is 4.43. The van der Waals surface area contributed by atoms with Crippen LogP contribution in [0.1, 0.15) is 25.0 Å². The molecule has 0 saturated heterocycles. The van der Waals surface area contributed by atoms with Crippen molar-refractivity contribution in [1.29, 1.82) is 0 Å². The van der Waals surface area contributed by atoms with Crippen LogP contribution in [0.3, 0.4) is 0 Å². The number of halogens is 2. The second-order valence-electron chi connectivity index (χ2n) is 6.94. The molecule has 2 aromatic rings. The second-order valence-corrected chi connectivity index (χ2v) is 7.25. The van der Waals surface area contributed by atoms with Gasteiger partial charge in [-0.05, 0) is 35.4 Å². The van der Waals surface area contributed by atoms with E-state index in [1.54, 1.807) is 0 Å². The van der Waals surface area contributed by atoms with E-state index in [0.717, 1.165) is 11.1 Å². The van der Waals surface area contributed by atoms with Gasteiger partial charge < -0.3 is 30.3 Å². The van der Waals surface area contributed by atoms with Gasteiger partial charge in [-0.15, -0.1) is 24.0 Å². The Kier molecular flexibility index (Phi) is 12.2. The van der Waals surface area contributed by atoms with E-state index in [1.807, 2.05) is 48.5 Å². The lowest BCUT2D eigenvalue weighted by Crippen LogP contribution is -2.21. The quantitative estimate of drug-likeness (QED) is 0.483. The summed E-state index contributed by atoms with van der Waals surface area (Å²) in [5, 5.41) is 27.6. The molecule has 0 saturated carbocycles. The number of alkyl halides is 1. The summed E-state index contributed by atoms with van der Waals surface area (Å²) < 4.78 is 11.0. The van der Waals surface area contributed by atoms with Gasteiger partial charge in [-0.2, -0.15) is 0 Å². The summed E-state index contributed by atoms with van der Waals surface area (Å²) in [6.45, 7) is 4.16. The molecular weight excluding hydrogens is 419 g/mol. The third-order valence-corrected chi connectivity index (χ3v) is 4.78. The van der Waals surface area contributed by atoms with E-state index in [0.29, 0.717) is 11.5 Å². The predicted octanol–water partition coefficient (Wildman–Crippen LogP) is 2.32. The Bertz CT molecular complexity index is 632. The predicted molar refractivity (Wildman–Crippen MR) is 117 cm³/mol. The first-order valence-corrected chi connectivity index (χ1v) is 9.40. The lowest BCUT2D eigenvalue weighted by atomic mass is 9.78.